The number of hydrogen-bond acceptors (Lipinski definition) is 2. The van der Waals surface area contributed by atoms with Gasteiger partial charge in [0.1, 0.15) is 0 Å². The van der Waals surface area contributed by atoms with Crippen LogP contribution in [0.15, 0.2) is 0 Å². The minimum absolute atomic E-state index is 0.774. The van der Waals surface area contributed by atoms with Crippen molar-refractivity contribution in [1.29, 1.82) is 0 Å². The van der Waals surface area contributed by atoms with Gasteiger partial charge < -0.3 is 9.80 Å². The van der Waals surface area contributed by atoms with Gasteiger partial charge in [0.2, 0.25) is 0 Å². The Kier molecular flexibility index (Phi) is 5.26. The van der Waals surface area contributed by atoms with Crippen LogP contribution in [-0.4, -0.2) is 50.1 Å². The molecule has 1 saturated heterocycles. The summed E-state index contributed by atoms with van der Waals surface area (Å²) in [5, 5.41) is 0. The van der Waals surface area contributed by atoms with E-state index in [-0.39, 0.29) is 0 Å². The van der Waals surface area contributed by atoms with Crippen LogP contribution in [0, 0.1) is 17.8 Å². The highest BCUT2D eigenvalue weighted by molar-refractivity contribution is 4.88. The zero-order chi connectivity index (χ0) is 12.3. The molecule has 0 bridgehead atoms. The van der Waals surface area contributed by atoms with Gasteiger partial charge in [-0.1, -0.05) is 20.8 Å². The summed E-state index contributed by atoms with van der Waals surface area (Å²) < 4.78 is 0. The first-order chi connectivity index (χ1) is 7.43. The highest BCUT2D eigenvalue weighted by atomic mass is 15.2. The van der Waals surface area contributed by atoms with Crippen molar-refractivity contribution < 1.29 is 0 Å². The largest absolute Gasteiger partial charge is 0.309 e. The molecule has 0 N–H and O–H groups in total. The highest BCUT2D eigenvalue weighted by Crippen LogP contribution is 2.31. The molecule has 16 heavy (non-hydrogen) atoms. The van der Waals surface area contributed by atoms with Gasteiger partial charge in [-0.25, -0.2) is 0 Å². The van der Waals surface area contributed by atoms with E-state index >= 15 is 0 Å². The molecular weight excluding hydrogens is 196 g/mol. The molecule has 1 fully saturated rings. The molecule has 0 radical (unpaired) electrons. The van der Waals surface area contributed by atoms with Gasteiger partial charge >= 0.3 is 0 Å². The molecule has 1 rings (SSSR count). The van der Waals surface area contributed by atoms with E-state index in [1.54, 1.807) is 0 Å². The maximum atomic E-state index is 2.60. The van der Waals surface area contributed by atoms with Crippen molar-refractivity contribution in [2.75, 3.05) is 34.2 Å². The van der Waals surface area contributed by atoms with Crippen LogP contribution in [0.2, 0.25) is 0 Å². The van der Waals surface area contributed by atoms with Gasteiger partial charge in [0.15, 0.2) is 0 Å². The van der Waals surface area contributed by atoms with Gasteiger partial charge in [-0.15, -0.1) is 0 Å². The summed E-state index contributed by atoms with van der Waals surface area (Å²) in [5.41, 5.74) is 0. The predicted molar refractivity (Wildman–Crippen MR) is 71.7 cm³/mol. The summed E-state index contributed by atoms with van der Waals surface area (Å²) in [4.78, 5) is 4.95. The molecule has 3 atom stereocenters. The van der Waals surface area contributed by atoms with Crippen molar-refractivity contribution in [3.63, 3.8) is 0 Å². The van der Waals surface area contributed by atoms with Gasteiger partial charge in [0.25, 0.3) is 0 Å². The quantitative estimate of drug-likeness (QED) is 0.727. The van der Waals surface area contributed by atoms with Crippen molar-refractivity contribution >= 4 is 0 Å². The van der Waals surface area contributed by atoms with Gasteiger partial charge in [-0.2, -0.15) is 0 Å². The van der Waals surface area contributed by atoms with Crippen LogP contribution in [0.25, 0.3) is 0 Å². The Morgan fingerprint density at radius 1 is 1.31 bits per heavy atom. The maximum Gasteiger partial charge on any atom is 0.0161 e. The topological polar surface area (TPSA) is 6.48 Å². The van der Waals surface area contributed by atoms with Crippen LogP contribution in [0.3, 0.4) is 0 Å². The first-order valence-electron chi connectivity index (χ1n) is 6.78. The lowest BCUT2D eigenvalue weighted by Gasteiger charge is -2.44. The molecule has 0 aromatic carbocycles. The molecule has 0 spiro atoms. The third-order valence-corrected chi connectivity index (χ3v) is 4.13. The number of piperidine rings is 1. The number of nitrogens with zero attached hydrogens (tertiary/aromatic N) is 2. The van der Waals surface area contributed by atoms with Crippen LogP contribution in [-0.2, 0) is 0 Å². The molecule has 0 aliphatic carbocycles. The second-order valence-electron chi connectivity index (χ2n) is 6.26. The highest BCUT2D eigenvalue weighted by Gasteiger charge is 2.34. The van der Waals surface area contributed by atoms with Crippen LogP contribution in [0.5, 0.6) is 0 Å². The average Bonchev–Trinajstić information content (AvgIpc) is 2.15. The Hall–Kier alpha value is -0.0800. The van der Waals surface area contributed by atoms with Crippen LogP contribution in [0.1, 0.15) is 33.6 Å². The lowest BCUT2D eigenvalue weighted by atomic mass is 9.77. The minimum atomic E-state index is 0.774. The van der Waals surface area contributed by atoms with E-state index in [9.17, 15) is 0 Å². The van der Waals surface area contributed by atoms with E-state index in [2.05, 4.69) is 51.7 Å². The number of rotatable bonds is 4. The molecule has 1 aliphatic rings. The van der Waals surface area contributed by atoms with E-state index in [0.717, 1.165) is 23.8 Å². The Morgan fingerprint density at radius 2 is 1.94 bits per heavy atom. The van der Waals surface area contributed by atoms with Crippen molar-refractivity contribution in [3.8, 4) is 0 Å². The first-order valence-corrected chi connectivity index (χ1v) is 6.78. The molecule has 0 saturated carbocycles. The van der Waals surface area contributed by atoms with E-state index < -0.39 is 0 Å². The molecule has 0 aromatic rings. The molecule has 2 nitrogen and oxygen atoms in total. The average molecular weight is 226 g/mol. The molecule has 0 aromatic heterocycles. The summed E-state index contributed by atoms with van der Waals surface area (Å²) in [6.45, 7) is 9.70. The van der Waals surface area contributed by atoms with Gasteiger partial charge in [0.05, 0.1) is 0 Å². The molecular formula is C14H30N2. The molecule has 96 valence electrons. The van der Waals surface area contributed by atoms with Gasteiger partial charge in [-0.3, -0.25) is 0 Å². The molecule has 3 unspecified atom stereocenters. The van der Waals surface area contributed by atoms with Crippen molar-refractivity contribution in [3.05, 3.63) is 0 Å². The molecule has 1 heterocycles. The van der Waals surface area contributed by atoms with E-state index in [0.29, 0.717) is 0 Å². The van der Waals surface area contributed by atoms with Gasteiger partial charge in [-0.05, 0) is 58.3 Å². The summed E-state index contributed by atoms with van der Waals surface area (Å²) in [5.74, 6) is 2.43. The second-order valence-corrected chi connectivity index (χ2v) is 6.26. The van der Waals surface area contributed by atoms with Crippen LogP contribution >= 0.6 is 0 Å². The van der Waals surface area contributed by atoms with Crippen molar-refractivity contribution in [2.45, 2.75) is 39.7 Å². The lowest BCUT2D eigenvalue weighted by molar-refractivity contribution is 0.0470. The summed E-state index contributed by atoms with van der Waals surface area (Å²) in [7, 11) is 6.71. The monoisotopic (exact) mass is 226 g/mol. The molecule has 1 aliphatic heterocycles. The third kappa shape index (κ3) is 3.46. The SMILES string of the molecule is CC(C)C(CN(C)C)C1C(C)CCCN1C. The normalized spacial score (nSPS) is 30.0. The molecule has 0 amide bonds. The Balaban J connectivity index is 2.74. The lowest BCUT2D eigenvalue weighted by Crippen LogP contribution is -2.50. The maximum absolute atomic E-state index is 2.60. The standard InChI is InChI=1S/C14H30N2/c1-11(2)13(10-15(4)5)14-12(3)8-7-9-16(14)6/h11-14H,7-10H2,1-6H3. The Morgan fingerprint density at radius 3 is 2.38 bits per heavy atom. The predicted octanol–water partition coefficient (Wildman–Crippen LogP) is 2.55. The zero-order valence-electron chi connectivity index (χ0n) is 12.0. The van der Waals surface area contributed by atoms with E-state index in [1.165, 1.54) is 25.9 Å². The van der Waals surface area contributed by atoms with Gasteiger partial charge in [0, 0.05) is 12.6 Å². The number of likely N-dealkylation sites (tertiary alicyclic amines) is 1. The zero-order valence-corrected chi connectivity index (χ0v) is 12.0. The van der Waals surface area contributed by atoms with E-state index in [4.69, 9.17) is 0 Å². The summed E-state index contributed by atoms with van der Waals surface area (Å²) in [6, 6.07) is 0.774. The van der Waals surface area contributed by atoms with Crippen molar-refractivity contribution in [1.82, 2.24) is 9.80 Å². The summed E-state index contributed by atoms with van der Waals surface area (Å²) >= 11 is 0. The summed E-state index contributed by atoms with van der Waals surface area (Å²) in [6.07, 6.45) is 2.78. The fourth-order valence-corrected chi connectivity index (χ4v) is 3.30. The molecule has 2 heteroatoms. The van der Waals surface area contributed by atoms with Crippen molar-refractivity contribution in [2.24, 2.45) is 17.8 Å². The van der Waals surface area contributed by atoms with Crippen LogP contribution < -0.4 is 0 Å². The smallest absolute Gasteiger partial charge is 0.0161 e. The first kappa shape index (κ1) is 14.0. The third-order valence-electron chi connectivity index (χ3n) is 4.13. The fourth-order valence-electron chi connectivity index (χ4n) is 3.30. The Bertz CT molecular complexity index is 191. The van der Waals surface area contributed by atoms with E-state index in [1.807, 2.05) is 0 Å². The number of hydrogen-bond donors (Lipinski definition) is 0. The second kappa shape index (κ2) is 6.02. The van der Waals surface area contributed by atoms with Crippen LogP contribution in [0.4, 0.5) is 0 Å². The fraction of sp³-hybridized carbons (Fsp3) is 1.00. The Labute approximate surface area is 102 Å². The minimum Gasteiger partial charge on any atom is -0.309 e.